The summed E-state index contributed by atoms with van der Waals surface area (Å²) in [5.74, 6) is 1.84. The molecule has 30 heavy (non-hydrogen) atoms. The number of fused-ring (bicyclic) bond motifs is 1. The molecule has 1 aliphatic carbocycles. The third-order valence-electron chi connectivity index (χ3n) is 6.98. The van der Waals surface area contributed by atoms with E-state index in [9.17, 15) is 4.79 Å². The maximum Gasteiger partial charge on any atom is 0.346 e. The molecule has 0 spiro atoms. The quantitative estimate of drug-likeness (QED) is 0.349. The van der Waals surface area contributed by atoms with Gasteiger partial charge in [-0.05, 0) is 48.1 Å². The van der Waals surface area contributed by atoms with Crippen LogP contribution < -0.4 is 5.63 Å². The summed E-state index contributed by atoms with van der Waals surface area (Å²) in [7, 11) is 0. The van der Waals surface area contributed by atoms with E-state index in [2.05, 4.69) is 13.8 Å². The van der Waals surface area contributed by atoms with Gasteiger partial charge in [0.05, 0.1) is 0 Å². The van der Waals surface area contributed by atoms with Crippen LogP contribution in [0.4, 0.5) is 4.39 Å². The van der Waals surface area contributed by atoms with Crippen LogP contribution in [0.3, 0.4) is 0 Å². The monoisotopic (exact) mass is 414 g/mol. The van der Waals surface area contributed by atoms with Gasteiger partial charge in [-0.15, -0.1) is 0 Å². The van der Waals surface area contributed by atoms with Gasteiger partial charge in [-0.2, -0.15) is 0 Å². The Morgan fingerprint density at radius 1 is 0.967 bits per heavy atom. The lowest BCUT2D eigenvalue weighted by Crippen LogP contribution is -2.13. The van der Waals surface area contributed by atoms with Gasteiger partial charge in [-0.25, -0.2) is 9.18 Å². The lowest BCUT2D eigenvalue weighted by atomic mass is 9.80. The van der Waals surface area contributed by atoms with Crippen molar-refractivity contribution >= 4 is 10.8 Å². The van der Waals surface area contributed by atoms with E-state index in [1.807, 2.05) is 18.2 Å². The smallest absolute Gasteiger partial charge is 0.346 e. The summed E-state index contributed by atoms with van der Waals surface area (Å²) in [6.07, 6.45) is 16.1. The second-order valence-electron chi connectivity index (χ2n) is 9.54. The first-order valence-electron chi connectivity index (χ1n) is 12.3. The first kappa shape index (κ1) is 23.0. The van der Waals surface area contributed by atoms with Crippen LogP contribution in [-0.2, 0) is 12.8 Å². The number of unbranched alkanes of at least 4 members (excludes halogenated alkanes) is 6. The molecule has 1 aromatic carbocycles. The summed E-state index contributed by atoms with van der Waals surface area (Å²) < 4.78 is 20.6. The van der Waals surface area contributed by atoms with Crippen molar-refractivity contribution in [2.24, 2.45) is 11.8 Å². The number of hydrogen-bond acceptors (Lipinski definition) is 2. The fourth-order valence-corrected chi connectivity index (χ4v) is 4.88. The van der Waals surface area contributed by atoms with E-state index in [4.69, 9.17) is 4.42 Å². The molecule has 0 unspecified atom stereocenters. The van der Waals surface area contributed by atoms with Gasteiger partial charge >= 0.3 is 5.63 Å². The molecule has 3 heteroatoms. The number of hydrogen-bond donors (Lipinski definition) is 0. The first-order valence-corrected chi connectivity index (χ1v) is 12.3. The first-order chi connectivity index (χ1) is 14.6. The number of halogens is 1. The van der Waals surface area contributed by atoms with Gasteiger partial charge in [0.15, 0.2) is 0 Å². The van der Waals surface area contributed by atoms with Crippen molar-refractivity contribution in [1.29, 1.82) is 0 Å². The molecule has 1 aliphatic rings. The second kappa shape index (κ2) is 11.7. The van der Waals surface area contributed by atoms with Crippen LogP contribution in [0.2, 0.25) is 0 Å². The fraction of sp³-hybridized carbons (Fsp3) is 0.667. The fourth-order valence-electron chi connectivity index (χ4n) is 4.88. The van der Waals surface area contributed by atoms with Crippen molar-refractivity contribution in [1.82, 2.24) is 0 Å². The molecule has 1 fully saturated rings. The average Bonchev–Trinajstić information content (AvgIpc) is 2.73. The predicted octanol–water partition coefficient (Wildman–Crippen LogP) is 7.98. The zero-order valence-electron chi connectivity index (χ0n) is 19.0. The van der Waals surface area contributed by atoms with E-state index in [0.29, 0.717) is 29.0 Å². The van der Waals surface area contributed by atoms with Gasteiger partial charge in [0.25, 0.3) is 0 Å². The molecule has 166 valence electrons. The summed E-state index contributed by atoms with van der Waals surface area (Å²) in [5, 5.41) is 0.810. The average molecular weight is 415 g/mol. The van der Waals surface area contributed by atoms with Crippen LogP contribution >= 0.6 is 0 Å². The molecule has 0 bridgehead atoms. The standard InChI is InChI=1S/C27H39FO2/c1-3-4-5-6-7-8-9-10-24-19-23-18-17-22(26(28)25(23)27(29)30-24)16-15-21-13-11-20(2)12-14-21/h17-21H,3-16H2,1-2H3. The Bertz CT molecular complexity index is 846. The van der Waals surface area contributed by atoms with E-state index in [1.54, 1.807) is 0 Å². The van der Waals surface area contributed by atoms with Crippen LogP contribution in [0.1, 0.15) is 102 Å². The highest BCUT2D eigenvalue weighted by atomic mass is 19.1. The molecule has 0 N–H and O–H groups in total. The Morgan fingerprint density at radius 2 is 1.67 bits per heavy atom. The Balaban J connectivity index is 1.58. The van der Waals surface area contributed by atoms with Crippen LogP contribution in [-0.4, -0.2) is 0 Å². The van der Waals surface area contributed by atoms with Crippen molar-refractivity contribution in [2.45, 2.75) is 104 Å². The number of rotatable bonds is 11. The molecule has 0 aliphatic heterocycles. The molecular formula is C27H39FO2. The third-order valence-corrected chi connectivity index (χ3v) is 6.98. The summed E-state index contributed by atoms with van der Waals surface area (Å²) >= 11 is 0. The zero-order chi connectivity index (χ0) is 21.3. The minimum atomic E-state index is -0.517. The Kier molecular flexibility index (Phi) is 8.96. The molecule has 0 atom stereocenters. The van der Waals surface area contributed by atoms with Gasteiger partial charge in [0, 0.05) is 6.42 Å². The summed E-state index contributed by atoms with van der Waals surface area (Å²) in [5.41, 5.74) is 0.143. The number of aryl methyl sites for hydroxylation is 2. The lowest BCUT2D eigenvalue weighted by Gasteiger charge is -2.26. The normalized spacial score (nSPS) is 19.4. The lowest BCUT2D eigenvalue weighted by molar-refractivity contribution is 0.277. The minimum absolute atomic E-state index is 0.132. The molecule has 0 saturated heterocycles. The summed E-state index contributed by atoms with van der Waals surface area (Å²) in [6.45, 7) is 4.55. The molecule has 1 heterocycles. The molecule has 2 nitrogen and oxygen atoms in total. The van der Waals surface area contributed by atoms with E-state index >= 15 is 4.39 Å². The second-order valence-corrected chi connectivity index (χ2v) is 9.54. The van der Waals surface area contributed by atoms with E-state index in [1.165, 1.54) is 57.8 Å². The Morgan fingerprint density at radius 3 is 2.40 bits per heavy atom. The molecule has 1 saturated carbocycles. The maximum atomic E-state index is 15.1. The van der Waals surface area contributed by atoms with Gasteiger partial charge < -0.3 is 4.42 Å². The van der Waals surface area contributed by atoms with Crippen LogP contribution in [0.15, 0.2) is 27.4 Å². The van der Waals surface area contributed by atoms with Gasteiger partial charge in [-0.1, -0.05) is 90.2 Å². The highest BCUT2D eigenvalue weighted by Crippen LogP contribution is 2.32. The third kappa shape index (κ3) is 6.43. The zero-order valence-corrected chi connectivity index (χ0v) is 19.0. The summed E-state index contributed by atoms with van der Waals surface area (Å²) in [6, 6.07) is 5.64. The Hall–Kier alpha value is -1.64. The predicted molar refractivity (Wildman–Crippen MR) is 124 cm³/mol. The van der Waals surface area contributed by atoms with E-state index in [0.717, 1.165) is 31.6 Å². The van der Waals surface area contributed by atoms with Crippen molar-refractivity contribution in [3.63, 3.8) is 0 Å². The maximum absolute atomic E-state index is 15.1. The molecular weight excluding hydrogens is 375 g/mol. The molecule has 0 amide bonds. The van der Waals surface area contributed by atoms with Gasteiger partial charge in [0.2, 0.25) is 0 Å². The SMILES string of the molecule is CCCCCCCCCc1cc2ccc(CCC3CCC(C)CC3)c(F)c2c(=O)o1. The van der Waals surface area contributed by atoms with E-state index in [-0.39, 0.29) is 11.2 Å². The van der Waals surface area contributed by atoms with E-state index < -0.39 is 5.63 Å². The topological polar surface area (TPSA) is 30.2 Å². The summed E-state index contributed by atoms with van der Waals surface area (Å²) in [4.78, 5) is 12.5. The molecule has 2 aromatic rings. The van der Waals surface area contributed by atoms with Crippen molar-refractivity contribution in [3.8, 4) is 0 Å². The van der Waals surface area contributed by atoms with Crippen LogP contribution in [0, 0.1) is 17.7 Å². The van der Waals surface area contributed by atoms with Crippen LogP contribution in [0.5, 0.6) is 0 Å². The van der Waals surface area contributed by atoms with Gasteiger partial charge in [-0.3, -0.25) is 0 Å². The van der Waals surface area contributed by atoms with Gasteiger partial charge in [0.1, 0.15) is 17.0 Å². The highest BCUT2D eigenvalue weighted by Gasteiger charge is 2.19. The molecule has 1 aromatic heterocycles. The molecule has 3 rings (SSSR count). The van der Waals surface area contributed by atoms with Crippen molar-refractivity contribution in [2.75, 3.05) is 0 Å². The highest BCUT2D eigenvalue weighted by molar-refractivity contribution is 5.82. The minimum Gasteiger partial charge on any atom is -0.427 e. The Labute approximate surface area is 181 Å². The number of benzene rings is 1. The van der Waals surface area contributed by atoms with Crippen molar-refractivity contribution < 1.29 is 8.81 Å². The van der Waals surface area contributed by atoms with Crippen molar-refractivity contribution in [3.05, 3.63) is 45.8 Å². The molecule has 0 radical (unpaired) electrons. The largest absolute Gasteiger partial charge is 0.427 e. The van der Waals surface area contributed by atoms with Crippen LogP contribution in [0.25, 0.3) is 10.8 Å².